The fraction of sp³-hybridized carbons (Fsp3) is 0.154. The largest absolute Gasteiger partial charge is 0.478 e. The van der Waals surface area contributed by atoms with Crippen molar-refractivity contribution < 1.29 is 9.90 Å². The van der Waals surface area contributed by atoms with Gasteiger partial charge in [-0.1, -0.05) is 23.8 Å². The van der Waals surface area contributed by atoms with Gasteiger partial charge >= 0.3 is 5.97 Å². The number of benzene rings is 1. The smallest absolute Gasteiger partial charge is 0.328 e. The van der Waals surface area contributed by atoms with Gasteiger partial charge in [0.15, 0.2) is 0 Å². The average Bonchev–Trinajstić information content (AvgIpc) is 2.61. The Balaban J connectivity index is 2.31. The summed E-state index contributed by atoms with van der Waals surface area (Å²) in [4.78, 5) is 13.7. The molecule has 0 aliphatic rings. The van der Waals surface area contributed by atoms with Crippen LogP contribution in [-0.4, -0.2) is 16.1 Å². The molecule has 0 saturated carbocycles. The molecule has 0 atom stereocenters. The fourth-order valence-corrected chi connectivity index (χ4v) is 1.84. The van der Waals surface area contributed by atoms with E-state index in [0.717, 1.165) is 22.0 Å². The Kier molecular flexibility index (Phi) is 2.77. The number of para-hydroxylation sites is 1. The molecule has 2 aromatic rings. The molecule has 0 bridgehead atoms. The Labute approximate surface area is 93.4 Å². The molecular formula is C13H13NO2. The number of hydrogen-bond donors (Lipinski definition) is 2. The van der Waals surface area contributed by atoms with E-state index < -0.39 is 5.97 Å². The van der Waals surface area contributed by atoms with Crippen LogP contribution in [0.2, 0.25) is 0 Å². The van der Waals surface area contributed by atoms with Crippen molar-refractivity contribution in [2.24, 2.45) is 0 Å². The standard InChI is InChI=1S/C13H13NO2/c1-9(7-13(15)16)6-10-8-14-12-5-3-2-4-11(10)12/h2-5,7-8,14H,6H2,1H3,(H,15,16)/b9-7+. The number of H-pyrrole nitrogens is 1. The highest BCUT2D eigenvalue weighted by Gasteiger charge is 2.04. The van der Waals surface area contributed by atoms with Gasteiger partial charge in [-0.05, 0) is 25.0 Å². The van der Waals surface area contributed by atoms with Crippen molar-refractivity contribution in [3.8, 4) is 0 Å². The number of fused-ring (bicyclic) bond motifs is 1. The lowest BCUT2D eigenvalue weighted by atomic mass is 10.1. The maximum Gasteiger partial charge on any atom is 0.328 e. The monoisotopic (exact) mass is 215 g/mol. The molecule has 0 unspecified atom stereocenters. The summed E-state index contributed by atoms with van der Waals surface area (Å²) in [6.45, 7) is 1.83. The molecule has 0 aliphatic heterocycles. The minimum atomic E-state index is -0.891. The molecule has 2 rings (SSSR count). The SMILES string of the molecule is C/C(=C\C(=O)O)Cc1c[nH]c2ccccc12. The van der Waals surface area contributed by atoms with E-state index in [-0.39, 0.29) is 0 Å². The lowest BCUT2D eigenvalue weighted by molar-refractivity contribution is -0.131. The third-order valence-electron chi connectivity index (χ3n) is 2.51. The molecule has 3 heteroatoms. The van der Waals surface area contributed by atoms with Gasteiger partial charge in [0.25, 0.3) is 0 Å². The van der Waals surface area contributed by atoms with Gasteiger partial charge in [0.05, 0.1) is 0 Å². The van der Waals surface area contributed by atoms with Crippen molar-refractivity contribution in [2.45, 2.75) is 13.3 Å². The van der Waals surface area contributed by atoms with E-state index in [9.17, 15) is 4.79 Å². The highest BCUT2D eigenvalue weighted by Crippen LogP contribution is 2.20. The van der Waals surface area contributed by atoms with E-state index in [1.54, 1.807) is 0 Å². The molecule has 1 heterocycles. The van der Waals surface area contributed by atoms with Crippen LogP contribution in [0.4, 0.5) is 0 Å². The third kappa shape index (κ3) is 2.14. The van der Waals surface area contributed by atoms with Crippen LogP contribution in [0.15, 0.2) is 42.1 Å². The van der Waals surface area contributed by atoms with Crippen LogP contribution >= 0.6 is 0 Å². The number of aromatic nitrogens is 1. The second-order valence-corrected chi connectivity index (χ2v) is 3.87. The Morgan fingerprint density at radius 1 is 1.44 bits per heavy atom. The van der Waals surface area contributed by atoms with Gasteiger partial charge < -0.3 is 10.1 Å². The van der Waals surface area contributed by atoms with Gasteiger partial charge in [-0.15, -0.1) is 0 Å². The van der Waals surface area contributed by atoms with Gasteiger partial charge in [0, 0.05) is 23.2 Å². The summed E-state index contributed by atoms with van der Waals surface area (Å²) in [5.74, 6) is -0.891. The van der Waals surface area contributed by atoms with Crippen LogP contribution in [0, 0.1) is 0 Å². The summed E-state index contributed by atoms with van der Waals surface area (Å²) < 4.78 is 0. The molecule has 1 aromatic heterocycles. The minimum absolute atomic E-state index is 0.663. The molecule has 0 radical (unpaired) electrons. The van der Waals surface area contributed by atoms with Crippen molar-refractivity contribution >= 4 is 16.9 Å². The van der Waals surface area contributed by atoms with Gasteiger partial charge in [-0.2, -0.15) is 0 Å². The molecule has 16 heavy (non-hydrogen) atoms. The second-order valence-electron chi connectivity index (χ2n) is 3.87. The Morgan fingerprint density at radius 2 is 2.19 bits per heavy atom. The number of allylic oxidation sites excluding steroid dienone is 1. The minimum Gasteiger partial charge on any atom is -0.478 e. The van der Waals surface area contributed by atoms with Crippen molar-refractivity contribution in [1.29, 1.82) is 0 Å². The zero-order valence-electron chi connectivity index (χ0n) is 9.03. The number of carboxylic acid groups (broad SMARTS) is 1. The molecule has 0 saturated heterocycles. The first-order valence-electron chi connectivity index (χ1n) is 5.12. The predicted octanol–water partition coefficient (Wildman–Crippen LogP) is 2.74. The third-order valence-corrected chi connectivity index (χ3v) is 2.51. The molecule has 2 N–H and O–H groups in total. The lowest BCUT2D eigenvalue weighted by Crippen LogP contribution is -1.92. The first-order valence-corrected chi connectivity index (χ1v) is 5.12. The number of hydrogen-bond acceptors (Lipinski definition) is 1. The van der Waals surface area contributed by atoms with Crippen LogP contribution in [0.25, 0.3) is 10.9 Å². The lowest BCUT2D eigenvalue weighted by Gasteiger charge is -1.98. The summed E-state index contributed by atoms with van der Waals surface area (Å²) in [6, 6.07) is 8.00. The number of rotatable bonds is 3. The number of aromatic amines is 1. The molecule has 82 valence electrons. The van der Waals surface area contributed by atoms with Gasteiger partial charge in [0.2, 0.25) is 0 Å². The maximum atomic E-state index is 10.5. The van der Waals surface area contributed by atoms with Crippen LogP contribution in [0.1, 0.15) is 12.5 Å². The average molecular weight is 215 g/mol. The van der Waals surface area contributed by atoms with Crippen LogP contribution < -0.4 is 0 Å². The van der Waals surface area contributed by atoms with Crippen molar-refractivity contribution in [3.63, 3.8) is 0 Å². The Morgan fingerprint density at radius 3 is 2.94 bits per heavy atom. The van der Waals surface area contributed by atoms with E-state index >= 15 is 0 Å². The summed E-state index contributed by atoms with van der Waals surface area (Å²) in [5, 5.41) is 9.79. The van der Waals surface area contributed by atoms with Crippen molar-refractivity contribution in [2.75, 3.05) is 0 Å². The highest BCUT2D eigenvalue weighted by atomic mass is 16.4. The first kappa shape index (κ1) is 10.5. The summed E-state index contributed by atoms with van der Waals surface area (Å²) in [7, 11) is 0. The van der Waals surface area contributed by atoms with E-state index in [2.05, 4.69) is 4.98 Å². The van der Waals surface area contributed by atoms with E-state index in [1.807, 2.05) is 37.4 Å². The zero-order chi connectivity index (χ0) is 11.5. The van der Waals surface area contributed by atoms with Crippen LogP contribution in [-0.2, 0) is 11.2 Å². The fourth-order valence-electron chi connectivity index (χ4n) is 1.84. The molecule has 0 aliphatic carbocycles. The summed E-state index contributed by atoms with van der Waals surface area (Å²) in [6.07, 6.45) is 3.85. The van der Waals surface area contributed by atoms with Crippen molar-refractivity contribution in [3.05, 3.63) is 47.7 Å². The molecular weight excluding hydrogens is 202 g/mol. The first-order chi connectivity index (χ1) is 7.66. The molecule has 3 nitrogen and oxygen atoms in total. The molecule has 1 aromatic carbocycles. The number of carboxylic acids is 1. The molecule has 0 fully saturated rings. The van der Waals surface area contributed by atoms with Crippen LogP contribution in [0.5, 0.6) is 0 Å². The van der Waals surface area contributed by atoms with Gasteiger partial charge in [-0.25, -0.2) is 4.79 Å². The van der Waals surface area contributed by atoms with Crippen LogP contribution in [0.3, 0.4) is 0 Å². The topological polar surface area (TPSA) is 53.1 Å². The van der Waals surface area contributed by atoms with Gasteiger partial charge in [-0.3, -0.25) is 0 Å². The summed E-state index contributed by atoms with van der Waals surface area (Å²) in [5.41, 5.74) is 3.06. The molecule has 0 spiro atoms. The number of aliphatic carboxylic acids is 1. The molecule has 0 amide bonds. The van der Waals surface area contributed by atoms with E-state index in [1.165, 1.54) is 6.08 Å². The maximum absolute atomic E-state index is 10.5. The van der Waals surface area contributed by atoms with E-state index in [0.29, 0.717) is 6.42 Å². The van der Waals surface area contributed by atoms with Gasteiger partial charge in [0.1, 0.15) is 0 Å². The van der Waals surface area contributed by atoms with Crippen molar-refractivity contribution in [1.82, 2.24) is 4.98 Å². The highest BCUT2D eigenvalue weighted by molar-refractivity contribution is 5.84. The Hall–Kier alpha value is -2.03. The normalized spacial score (nSPS) is 11.9. The number of carbonyl (C=O) groups is 1. The number of nitrogens with one attached hydrogen (secondary N) is 1. The quantitative estimate of drug-likeness (QED) is 0.773. The zero-order valence-corrected chi connectivity index (χ0v) is 9.03. The second kappa shape index (κ2) is 4.23. The van der Waals surface area contributed by atoms with E-state index in [4.69, 9.17) is 5.11 Å². The summed E-state index contributed by atoms with van der Waals surface area (Å²) >= 11 is 0. The Bertz CT molecular complexity index is 552. The predicted molar refractivity (Wildman–Crippen MR) is 63.4 cm³/mol.